The summed E-state index contributed by atoms with van der Waals surface area (Å²) in [6, 6.07) is 0. The van der Waals surface area contributed by atoms with Gasteiger partial charge in [-0.25, -0.2) is 0 Å². The van der Waals surface area contributed by atoms with E-state index < -0.39 is 0 Å². The Bertz CT molecular complexity index is 373. The van der Waals surface area contributed by atoms with E-state index in [1.165, 1.54) is 96.3 Å². The van der Waals surface area contributed by atoms with E-state index in [1.54, 1.807) is 0 Å². The lowest BCUT2D eigenvalue weighted by atomic mass is 9.86. The van der Waals surface area contributed by atoms with Crippen LogP contribution in [0.15, 0.2) is 11.6 Å². The second kappa shape index (κ2) is 18.6. The van der Waals surface area contributed by atoms with Crippen LogP contribution < -0.4 is 5.73 Å². The zero-order valence-corrected chi connectivity index (χ0v) is 19.0. The monoisotopic (exact) mass is 379 g/mol. The van der Waals surface area contributed by atoms with Crippen LogP contribution in [0, 0.1) is 11.8 Å². The standard InChI is InChI=1S/C25H49NO/c1-5-6-7-8-9-10-11-12-13-14-15-16-17-20-24(22(2)3)21-18-19-23(4)25(26)27/h19,22,24H,5-18,20-21H2,1-4H3,(H2,26,27)/b23-19+. The fourth-order valence-corrected chi connectivity index (χ4v) is 3.85. The van der Waals surface area contributed by atoms with Crippen molar-refractivity contribution >= 4 is 5.91 Å². The summed E-state index contributed by atoms with van der Waals surface area (Å²) in [6.07, 6.45) is 23.9. The molecule has 2 N–H and O–H groups in total. The van der Waals surface area contributed by atoms with Crippen molar-refractivity contribution in [2.24, 2.45) is 17.6 Å². The van der Waals surface area contributed by atoms with Gasteiger partial charge in [-0.05, 0) is 31.6 Å². The predicted octanol–water partition coefficient (Wildman–Crippen LogP) is 7.95. The van der Waals surface area contributed by atoms with Crippen molar-refractivity contribution in [1.82, 2.24) is 0 Å². The van der Waals surface area contributed by atoms with Gasteiger partial charge in [-0.15, -0.1) is 0 Å². The van der Waals surface area contributed by atoms with E-state index in [0.717, 1.165) is 18.3 Å². The quantitative estimate of drug-likeness (QED) is 0.179. The van der Waals surface area contributed by atoms with E-state index in [0.29, 0.717) is 5.57 Å². The molecule has 0 aliphatic rings. The molecular weight excluding hydrogens is 330 g/mol. The molecular formula is C25H49NO. The van der Waals surface area contributed by atoms with Gasteiger partial charge in [0.25, 0.3) is 0 Å². The van der Waals surface area contributed by atoms with Crippen molar-refractivity contribution in [2.75, 3.05) is 0 Å². The van der Waals surface area contributed by atoms with E-state index in [9.17, 15) is 4.79 Å². The number of carbonyl (C=O) groups is 1. The second-order valence-corrected chi connectivity index (χ2v) is 8.86. The summed E-state index contributed by atoms with van der Waals surface area (Å²) in [5, 5.41) is 0. The van der Waals surface area contributed by atoms with Gasteiger partial charge in [0.05, 0.1) is 0 Å². The zero-order chi connectivity index (χ0) is 20.3. The number of carbonyl (C=O) groups excluding carboxylic acids is 1. The summed E-state index contributed by atoms with van der Waals surface area (Å²) < 4.78 is 0. The fourth-order valence-electron chi connectivity index (χ4n) is 3.85. The molecule has 2 nitrogen and oxygen atoms in total. The summed E-state index contributed by atoms with van der Waals surface area (Å²) >= 11 is 0. The smallest absolute Gasteiger partial charge is 0.244 e. The Morgan fingerprint density at radius 3 is 1.63 bits per heavy atom. The minimum atomic E-state index is -0.285. The third kappa shape index (κ3) is 17.1. The maximum atomic E-state index is 11.1. The Balaban J connectivity index is 3.56. The van der Waals surface area contributed by atoms with Crippen LogP contribution >= 0.6 is 0 Å². The predicted molar refractivity (Wildman–Crippen MR) is 121 cm³/mol. The highest BCUT2D eigenvalue weighted by atomic mass is 16.1. The van der Waals surface area contributed by atoms with Gasteiger partial charge in [-0.2, -0.15) is 0 Å². The van der Waals surface area contributed by atoms with Crippen LogP contribution in [0.4, 0.5) is 0 Å². The van der Waals surface area contributed by atoms with Crippen LogP contribution in [0.3, 0.4) is 0 Å². The molecule has 0 heterocycles. The van der Waals surface area contributed by atoms with Crippen molar-refractivity contribution in [3.8, 4) is 0 Å². The van der Waals surface area contributed by atoms with Crippen molar-refractivity contribution in [1.29, 1.82) is 0 Å². The minimum Gasteiger partial charge on any atom is -0.366 e. The molecule has 0 aromatic carbocycles. The first-order chi connectivity index (χ1) is 13.0. The van der Waals surface area contributed by atoms with Crippen LogP contribution in [-0.4, -0.2) is 5.91 Å². The number of amides is 1. The van der Waals surface area contributed by atoms with Gasteiger partial charge in [0.1, 0.15) is 0 Å². The van der Waals surface area contributed by atoms with Gasteiger partial charge < -0.3 is 5.73 Å². The number of allylic oxidation sites excluding steroid dienone is 1. The molecule has 160 valence electrons. The maximum absolute atomic E-state index is 11.1. The van der Waals surface area contributed by atoms with E-state index in [2.05, 4.69) is 20.8 Å². The number of hydrogen-bond donors (Lipinski definition) is 1. The highest BCUT2D eigenvalue weighted by Gasteiger charge is 2.12. The summed E-state index contributed by atoms with van der Waals surface area (Å²) in [5.41, 5.74) is 6.00. The molecule has 0 saturated carbocycles. The fraction of sp³-hybridized carbons (Fsp3) is 0.880. The minimum absolute atomic E-state index is 0.285. The molecule has 0 bridgehead atoms. The summed E-state index contributed by atoms with van der Waals surface area (Å²) in [7, 11) is 0. The first-order valence-electron chi connectivity index (χ1n) is 12.0. The molecule has 0 aliphatic heterocycles. The number of nitrogens with two attached hydrogens (primary N) is 1. The first-order valence-corrected chi connectivity index (χ1v) is 12.0. The molecule has 0 aromatic heterocycles. The van der Waals surface area contributed by atoms with E-state index >= 15 is 0 Å². The summed E-state index contributed by atoms with van der Waals surface area (Å²) in [5.74, 6) is 1.21. The van der Waals surface area contributed by atoms with Crippen molar-refractivity contribution < 1.29 is 4.79 Å². The highest BCUT2D eigenvalue weighted by molar-refractivity contribution is 5.91. The number of primary amides is 1. The number of hydrogen-bond acceptors (Lipinski definition) is 1. The van der Waals surface area contributed by atoms with Gasteiger partial charge in [-0.1, -0.05) is 117 Å². The third-order valence-electron chi connectivity index (χ3n) is 6.00. The highest BCUT2D eigenvalue weighted by Crippen LogP contribution is 2.24. The van der Waals surface area contributed by atoms with Crippen LogP contribution in [0.5, 0.6) is 0 Å². The lowest BCUT2D eigenvalue weighted by molar-refractivity contribution is -0.114. The molecule has 0 aromatic rings. The maximum Gasteiger partial charge on any atom is 0.244 e. The molecule has 27 heavy (non-hydrogen) atoms. The molecule has 2 heteroatoms. The lowest BCUT2D eigenvalue weighted by Crippen LogP contribution is -2.12. The van der Waals surface area contributed by atoms with Crippen molar-refractivity contribution in [3.63, 3.8) is 0 Å². The van der Waals surface area contributed by atoms with Gasteiger partial charge in [0.2, 0.25) is 5.91 Å². The van der Waals surface area contributed by atoms with E-state index in [-0.39, 0.29) is 5.91 Å². The molecule has 1 atom stereocenters. The van der Waals surface area contributed by atoms with Gasteiger partial charge in [0.15, 0.2) is 0 Å². The average molecular weight is 380 g/mol. The van der Waals surface area contributed by atoms with Crippen LogP contribution in [0.2, 0.25) is 0 Å². The van der Waals surface area contributed by atoms with Crippen LogP contribution in [0.1, 0.15) is 130 Å². The van der Waals surface area contributed by atoms with Gasteiger partial charge in [-0.3, -0.25) is 4.79 Å². The molecule has 0 saturated heterocycles. The second-order valence-electron chi connectivity index (χ2n) is 8.86. The number of unbranched alkanes of at least 4 members (excludes halogenated alkanes) is 12. The molecule has 1 amide bonds. The first kappa shape index (κ1) is 26.2. The Morgan fingerprint density at radius 2 is 1.22 bits per heavy atom. The Kier molecular flexibility index (Phi) is 18.0. The van der Waals surface area contributed by atoms with Crippen molar-refractivity contribution in [3.05, 3.63) is 11.6 Å². The van der Waals surface area contributed by atoms with Gasteiger partial charge >= 0.3 is 0 Å². The van der Waals surface area contributed by atoms with Crippen molar-refractivity contribution in [2.45, 2.75) is 130 Å². The summed E-state index contributed by atoms with van der Waals surface area (Å²) in [6.45, 7) is 8.77. The zero-order valence-electron chi connectivity index (χ0n) is 19.0. The SMILES string of the molecule is CCCCCCCCCCCCCCCC(CC/C=C(\C)C(N)=O)C(C)C. The summed E-state index contributed by atoms with van der Waals surface area (Å²) in [4.78, 5) is 11.1. The Morgan fingerprint density at radius 1 is 0.778 bits per heavy atom. The van der Waals surface area contributed by atoms with E-state index in [4.69, 9.17) is 5.73 Å². The average Bonchev–Trinajstić information content (AvgIpc) is 2.63. The molecule has 0 radical (unpaired) electrons. The largest absolute Gasteiger partial charge is 0.366 e. The lowest BCUT2D eigenvalue weighted by Gasteiger charge is -2.20. The molecule has 0 spiro atoms. The topological polar surface area (TPSA) is 43.1 Å². The molecule has 0 fully saturated rings. The van der Waals surface area contributed by atoms with Crippen LogP contribution in [-0.2, 0) is 4.79 Å². The van der Waals surface area contributed by atoms with Crippen LogP contribution in [0.25, 0.3) is 0 Å². The van der Waals surface area contributed by atoms with E-state index in [1.807, 2.05) is 13.0 Å². The third-order valence-corrected chi connectivity index (χ3v) is 6.00. The Hall–Kier alpha value is -0.790. The Labute approximate surface area is 170 Å². The van der Waals surface area contributed by atoms with Gasteiger partial charge in [0, 0.05) is 5.57 Å². The number of rotatable bonds is 19. The molecule has 1 unspecified atom stereocenters. The molecule has 0 aliphatic carbocycles. The molecule has 0 rings (SSSR count). The normalized spacial score (nSPS) is 13.3.